The zero-order valence-corrected chi connectivity index (χ0v) is 7.57. The first kappa shape index (κ1) is 8.47. The number of thiol groups is 1. The fraction of sp³-hybridized carbons (Fsp3) is 0.333. The quantitative estimate of drug-likeness (QED) is 0.576. The second kappa shape index (κ2) is 3.67. The lowest BCUT2D eigenvalue weighted by Gasteiger charge is -2.12. The minimum atomic E-state index is 0.831. The molecule has 1 rings (SSSR count). The van der Waals surface area contributed by atoms with Crippen LogP contribution in [0.15, 0.2) is 34.4 Å². The second-order valence-electron chi connectivity index (χ2n) is 2.57. The summed E-state index contributed by atoms with van der Waals surface area (Å²) < 4.78 is 0. The molecule has 0 amide bonds. The van der Waals surface area contributed by atoms with Crippen molar-refractivity contribution in [3.8, 4) is 0 Å². The van der Waals surface area contributed by atoms with Crippen LogP contribution in [0, 0.1) is 0 Å². The van der Waals surface area contributed by atoms with Gasteiger partial charge in [0, 0.05) is 10.6 Å². The molecule has 0 aromatic rings. The smallest absolute Gasteiger partial charge is 0.0478 e. The van der Waals surface area contributed by atoms with Crippen molar-refractivity contribution in [2.75, 3.05) is 0 Å². The van der Waals surface area contributed by atoms with Crippen LogP contribution in [-0.2, 0) is 0 Å². The summed E-state index contributed by atoms with van der Waals surface area (Å²) in [6.45, 7) is 2.00. The molecule has 11 heavy (non-hydrogen) atoms. The molecule has 1 aliphatic rings. The standard InChI is InChI=1S/C9H13NS/c1-2-4-7-5-3-6-8(11)9(7)10/h2,4,6,11H,3,5,10H2,1H3/b4-2-. The number of hydrogen-bond acceptors (Lipinski definition) is 2. The Kier molecular flexibility index (Phi) is 2.83. The first-order chi connectivity index (χ1) is 5.25. The van der Waals surface area contributed by atoms with E-state index in [0.29, 0.717) is 0 Å². The van der Waals surface area contributed by atoms with Gasteiger partial charge in [-0.25, -0.2) is 0 Å². The molecular formula is C9H13NS. The van der Waals surface area contributed by atoms with Gasteiger partial charge in [-0.05, 0) is 25.3 Å². The lowest BCUT2D eigenvalue weighted by Crippen LogP contribution is -2.05. The Labute approximate surface area is 73.1 Å². The number of rotatable bonds is 1. The predicted molar refractivity (Wildman–Crippen MR) is 52.3 cm³/mol. The monoisotopic (exact) mass is 167 g/mol. The van der Waals surface area contributed by atoms with Gasteiger partial charge in [0.15, 0.2) is 0 Å². The summed E-state index contributed by atoms with van der Waals surface area (Å²) in [5.74, 6) is 0. The summed E-state index contributed by atoms with van der Waals surface area (Å²) >= 11 is 4.25. The Hall–Kier alpha value is -0.630. The van der Waals surface area contributed by atoms with Crippen LogP contribution in [0.1, 0.15) is 19.8 Å². The van der Waals surface area contributed by atoms with Crippen molar-refractivity contribution in [2.45, 2.75) is 19.8 Å². The minimum Gasteiger partial charge on any atom is -0.398 e. The molecule has 0 fully saturated rings. The van der Waals surface area contributed by atoms with Crippen LogP contribution in [0.25, 0.3) is 0 Å². The Morgan fingerprint density at radius 2 is 2.36 bits per heavy atom. The van der Waals surface area contributed by atoms with Crippen molar-refractivity contribution in [3.63, 3.8) is 0 Å². The molecule has 60 valence electrons. The maximum atomic E-state index is 5.79. The molecule has 0 radical (unpaired) electrons. The molecule has 0 saturated carbocycles. The number of nitrogens with two attached hydrogens (primary N) is 1. The Morgan fingerprint density at radius 1 is 1.64 bits per heavy atom. The van der Waals surface area contributed by atoms with Gasteiger partial charge in [0.1, 0.15) is 0 Å². The highest BCUT2D eigenvalue weighted by atomic mass is 32.1. The zero-order chi connectivity index (χ0) is 8.27. The molecule has 0 atom stereocenters. The van der Waals surface area contributed by atoms with Crippen LogP contribution in [0.2, 0.25) is 0 Å². The fourth-order valence-corrected chi connectivity index (χ4v) is 1.42. The third kappa shape index (κ3) is 1.90. The molecule has 2 N–H and O–H groups in total. The largest absolute Gasteiger partial charge is 0.398 e. The highest BCUT2D eigenvalue weighted by Gasteiger charge is 2.06. The molecular weight excluding hydrogens is 154 g/mol. The molecule has 1 nitrogen and oxygen atoms in total. The van der Waals surface area contributed by atoms with Gasteiger partial charge in [0.25, 0.3) is 0 Å². The molecule has 0 spiro atoms. The van der Waals surface area contributed by atoms with Gasteiger partial charge >= 0.3 is 0 Å². The second-order valence-corrected chi connectivity index (χ2v) is 3.05. The average molecular weight is 167 g/mol. The van der Waals surface area contributed by atoms with Crippen molar-refractivity contribution in [1.82, 2.24) is 0 Å². The van der Waals surface area contributed by atoms with Crippen molar-refractivity contribution in [3.05, 3.63) is 34.4 Å². The van der Waals surface area contributed by atoms with E-state index in [9.17, 15) is 0 Å². The van der Waals surface area contributed by atoms with E-state index in [1.54, 1.807) is 0 Å². The third-order valence-corrected chi connectivity index (χ3v) is 2.16. The third-order valence-electron chi connectivity index (χ3n) is 1.74. The van der Waals surface area contributed by atoms with Crippen molar-refractivity contribution in [1.29, 1.82) is 0 Å². The van der Waals surface area contributed by atoms with Gasteiger partial charge in [-0.3, -0.25) is 0 Å². The van der Waals surface area contributed by atoms with E-state index in [-0.39, 0.29) is 0 Å². The summed E-state index contributed by atoms with van der Waals surface area (Å²) in [7, 11) is 0. The van der Waals surface area contributed by atoms with Gasteiger partial charge in [0.2, 0.25) is 0 Å². The zero-order valence-electron chi connectivity index (χ0n) is 6.67. The highest BCUT2D eigenvalue weighted by molar-refractivity contribution is 7.84. The Morgan fingerprint density at radius 3 is 3.00 bits per heavy atom. The summed E-state index contributed by atoms with van der Waals surface area (Å²) in [5.41, 5.74) is 7.83. The van der Waals surface area contributed by atoms with Gasteiger partial charge in [0.05, 0.1) is 0 Å². The first-order valence-electron chi connectivity index (χ1n) is 3.76. The molecule has 1 aliphatic carbocycles. The summed E-state index contributed by atoms with van der Waals surface area (Å²) in [6.07, 6.45) is 8.22. The normalized spacial score (nSPS) is 19.3. The lowest BCUT2D eigenvalue weighted by molar-refractivity contribution is 0.958. The van der Waals surface area contributed by atoms with Crippen LogP contribution >= 0.6 is 12.6 Å². The van der Waals surface area contributed by atoms with Gasteiger partial charge in [-0.15, -0.1) is 12.6 Å². The molecule has 0 saturated heterocycles. The van der Waals surface area contributed by atoms with Crippen LogP contribution < -0.4 is 5.73 Å². The van der Waals surface area contributed by atoms with E-state index in [2.05, 4.69) is 24.8 Å². The van der Waals surface area contributed by atoms with Crippen molar-refractivity contribution < 1.29 is 0 Å². The van der Waals surface area contributed by atoms with E-state index in [1.165, 1.54) is 5.57 Å². The van der Waals surface area contributed by atoms with Crippen LogP contribution in [0.4, 0.5) is 0 Å². The number of hydrogen-bond donors (Lipinski definition) is 2. The minimum absolute atomic E-state index is 0.831. The predicted octanol–water partition coefficient (Wildman–Crippen LogP) is 2.38. The molecule has 0 heterocycles. The summed E-state index contributed by atoms with van der Waals surface area (Å²) in [4.78, 5) is 0.921. The molecule has 0 aliphatic heterocycles. The maximum Gasteiger partial charge on any atom is 0.0478 e. The summed E-state index contributed by atoms with van der Waals surface area (Å²) in [5, 5.41) is 0. The van der Waals surface area contributed by atoms with E-state index in [1.807, 2.05) is 13.0 Å². The summed E-state index contributed by atoms with van der Waals surface area (Å²) in [6, 6.07) is 0. The van der Waals surface area contributed by atoms with E-state index in [4.69, 9.17) is 5.73 Å². The molecule has 0 aromatic carbocycles. The fourth-order valence-electron chi connectivity index (χ4n) is 1.15. The first-order valence-corrected chi connectivity index (χ1v) is 4.21. The molecule has 0 bridgehead atoms. The van der Waals surface area contributed by atoms with Crippen LogP contribution in [0.3, 0.4) is 0 Å². The van der Waals surface area contributed by atoms with Gasteiger partial charge in [-0.1, -0.05) is 18.2 Å². The average Bonchev–Trinajstić information content (AvgIpc) is 1.99. The van der Waals surface area contributed by atoms with E-state index in [0.717, 1.165) is 23.4 Å². The van der Waals surface area contributed by atoms with E-state index < -0.39 is 0 Å². The SMILES string of the molecule is C/C=C\C1=C(N)C(S)=CCC1. The topological polar surface area (TPSA) is 26.0 Å². The van der Waals surface area contributed by atoms with Crippen molar-refractivity contribution in [2.24, 2.45) is 5.73 Å². The molecule has 0 unspecified atom stereocenters. The van der Waals surface area contributed by atoms with Gasteiger partial charge < -0.3 is 5.73 Å². The number of allylic oxidation sites excluding steroid dienone is 4. The Bertz CT molecular complexity index is 236. The van der Waals surface area contributed by atoms with Crippen LogP contribution in [0.5, 0.6) is 0 Å². The van der Waals surface area contributed by atoms with Crippen molar-refractivity contribution >= 4 is 12.6 Å². The molecule has 2 heteroatoms. The lowest BCUT2D eigenvalue weighted by atomic mass is 10.0. The van der Waals surface area contributed by atoms with Gasteiger partial charge in [-0.2, -0.15) is 0 Å². The highest BCUT2D eigenvalue weighted by Crippen LogP contribution is 2.24. The van der Waals surface area contributed by atoms with Crippen LogP contribution in [-0.4, -0.2) is 0 Å². The maximum absolute atomic E-state index is 5.79. The van der Waals surface area contributed by atoms with E-state index >= 15 is 0 Å². The molecule has 0 aromatic heterocycles. The Balaban J connectivity index is 2.91.